The van der Waals surface area contributed by atoms with Crippen molar-refractivity contribution in [1.82, 2.24) is 15.0 Å². The first kappa shape index (κ1) is 36.4. The normalized spacial score (nSPS) is 11.4. The number of rotatable bonds is 6. The lowest BCUT2D eigenvalue weighted by Gasteiger charge is -2.20. The Hall–Kier alpha value is -6.91. The minimum Gasteiger partial charge on any atom is -0.208 e. The van der Waals surface area contributed by atoms with E-state index >= 15 is 0 Å². The van der Waals surface area contributed by atoms with Gasteiger partial charge in [-0.05, 0) is 90.0 Å². The molecule has 0 unspecified atom stereocenters. The summed E-state index contributed by atoms with van der Waals surface area (Å²) in [6, 6.07) is 60.7. The third-order valence-electron chi connectivity index (χ3n) is 12.5. The summed E-state index contributed by atoms with van der Waals surface area (Å²) in [4.78, 5) is 15.3. The maximum absolute atomic E-state index is 5.17. The highest BCUT2D eigenvalue weighted by molar-refractivity contribution is 6.68. The van der Waals surface area contributed by atoms with Gasteiger partial charge in [-0.25, -0.2) is 15.0 Å². The Morgan fingerprint density at radius 2 is 0.712 bits per heavy atom. The Bertz CT molecular complexity index is 3260. The van der Waals surface area contributed by atoms with Crippen molar-refractivity contribution in [1.29, 1.82) is 0 Å². The summed E-state index contributed by atoms with van der Waals surface area (Å²) < 4.78 is 0. The van der Waals surface area contributed by atoms with Gasteiger partial charge in [-0.3, -0.25) is 0 Å². The number of benzene rings is 9. The molecule has 0 saturated heterocycles. The standard InChI is InChI=1S/C51H38B5N3/c52-44-43(45(53)47(55)48(56)46(44)54)36-21-19-32-26-38(22-20-31(32)25-36)51-58-49(30-10-2-1-3-11-30)57-50(59-51)37-15-6-13-34(28-37)40-18-8-14-33-27-35(23-24-42(33)40)41-17-7-12-29-9-4-5-16-39(29)41/h1-28H,52-56H2. The maximum Gasteiger partial charge on any atom is 0.164 e. The number of aromatic nitrogens is 3. The topological polar surface area (TPSA) is 38.7 Å². The Balaban J connectivity index is 1.05. The van der Waals surface area contributed by atoms with Crippen LogP contribution in [0.15, 0.2) is 170 Å². The van der Waals surface area contributed by atoms with E-state index in [-0.39, 0.29) is 0 Å². The summed E-state index contributed by atoms with van der Waals surface area (Å²) in [7, 11) is 11.2. The van der Waals surface area contributed by atoms with Crippen LogP contribution in [0.25, 0.3) is 99.9 Å². The lowest BCUT2D eigenvalue weighted by molar-refractivity contribution is 1.07. The summed E-state index contributed by atoms with van der Waals surface area (Å²) in [6.07, 6.45) is 0. The molecule has 10 aromatic rings. The van der Waals surface area contributed by atoms with Gasteiger partial charge in [0, 0.05) is 16.7 Å². The molecule has 3 nitrogen and oxygen atoms in total. The van der Waals surface area contributed by atoms with Gasteiger partial charge >= 0.3 is 0 Å². The highest BCUT2D eigenvalue weighted by Crippen LogP contribution is 2.36. The van der Waals surface area contributed by atoms with Gasteiger partial charge in [-0.15, -0.1) is 16.4 Å². The van der Waals surface area contributed by atoms with Crippen molar-refractivity contribution >= 4 is 98.9 Å². The molecule has 0 saturated carbocycles. The van der Waals surface area contributed by atoms with E-state index < -0.39 is 0 Å². The quantitative estimate of drug-likeness (QED) is 0.234. The van der Waals surface area contributed by atoms with Crippen LogP contribution in [0.2, 0.25) is 0 Å². The van der Waals surface area contributed by atoms with Gasteiger partial charge in [-0.1, -0.05) is 157 Å². The van der Waals surface area contributed by atoms with Crippen LogP contribution in [-0.2, 0) is 0 Å². The van der Waals surface area contributed by atoms with Crippen LogP contribution < -0.4 is 27.3 Å². The van der Waals surface area contributed by atoms with Crippen LogP contribution in [0.1, 0.15) is 0 Å². The van der Waals surface area contributed by atoms with Crippen molar-refractivity contribution in [2.75, 3.05) is 0 Å². The molecule has 0 radical (unpaired) electrons. The van der Waals surface area contributed by atoms with Gasteiger partial charge in [-0.2, -0.15) is 0 Å². The molecule has 8 heteroatoms. The van der Waals surface area contributed by atoms with Crippen LogP contribution in [0.4, 0.5) is 0 Å². The van der Waals surface area contributed by atoms with Crippen molar-refractivity contribution < 1.29 is 0 Å². The van der Waals surface area contributed by atoms with Gasteiger partial charge in [0.15, 0.2) is 17.5 Å². The molecule has 0 aliphatic rings. The first-order valence-electron chi connectivity index (χ1n) is 20.4. The van der Waals surface area contributed by atoms with Crippen molar-refractivity contribution in [3.63, 3.8) is 0 Å². The van der Waals surface area contributed by atoms with Crippen LogP contribution in [0.3, 0.4) is 0 Å². The Kier molecular flexibility index (Phi) is 9.14. The van der Waals surface area contributed by atoms with E-state index in [1.165, 1.54) is 82.1 Å². The first-order valence-corrected chi connectivity index (χ1v) is 20.4. The fourth-order valence-electron chi connectivity index (χ4n) is 8.83. The minimum absolute atomic E-state index is 0.640. The fourth-order valence-corrected chi connectivity index (χ4v) is 8.83. The average Bonchev–Trinajstić information content (AvgIpc) is 3.29. The minimum atomic E-state index is 0.640. The van der Waals surface area contributed by atoms with E-state index in [4.69, 9.17) is 15.0 Å². The molecule has 10 rings (SSSR count). The predicted octanol–water partition coefficient (Wildman–Crippen LogP) is 4.63. The summed E-state index contributed by atoms with van der Waals surface area (Å²) in [6.45, 7) is 0. The molecule has 0 N–H and O–H groups in total. The van der Waals surface area contributed by atoms with Gasteiger partial charge in [0.1, 0.15) is 39.2 Å². The maximum atomic E-state index is 5.17. The number of hydrogen-bond donors (Lipinski definition) is 0. The summed E-state index contributed by atoms with van der Waals surface area (Å²) in [5, 5.41) is 7.24. The average molecular weight is 747 g/mol. The van der Waals surface area contributed by atoms with E-state index in [1.807, 2.05) is 18.2 Å². The molecule has 1 aromatic heterocycles. The molecule has 0 amide bonds. The molecule has 0 aliphatic carbocycles. The van der Waals surface area contributed by atoms with Crippen molar-refractivity contribution in [2.24, 2.45) is 0 Å². The van der Waals surface area contributed by atoms with Crippen molar-refractivity contribution in [2.45, 2.75) is 0 Å². The Morgan fingerprint density at radius 1 is 0.271 bits per heavy atom. The lowest BCUT2D eigenvalue weighted by Crippen LogP contribution is -2.55. The summed E-state index contributed by atoms with van der Waals surface area (Å²) >= 11 is 0. The molecular weight excluding hydrogens is 709 g/mol. The molecule has 272 valence electrons. The van der Waals surface area contributed by atoms with Crippen LogP contribution >= 0.6 is 0 Å². The molecule has 0 atom stereocenters. The van der Waals surface area contributed by atoms with Crippen LogP contribution in [-0.4, -0.2) is 54.2 Å². The molecule has 0 spiro atoms. The number of hydrogen-bond acceptors (Lipinski definition) is 3. The van der Waals surface area contributed by atoms with Crippen molar-refractivity contribution in [3.05, 3.63) is 170 Å². The molecule has 9 aromatic carbocycles. The van der Waals surface area contributed by atoms with Gasteiger partial charge in [0.05, 0.1) is 0 Å². The van der Waals surface area contributed by atoms with E-state index in [0.717, 1.165) is 27.6 Å². The van der Waals surface area contributed by atoms with Gasteiger partial charge in [0.2, 0.25) is 0 Å². The Morgan fingerprint density at radius 3 is 1.42 bits per heavy atom. The second kappa shape index (κ2) is 14.8. The van der Waals surface area contributed by atoms with E-state index in [9.17, 15) is 0 Å². The predicted molar refractivity (Wildman–Crippen MR) is 266 cm³/mol. The van der Waals surface area contributed by atoms with Gasteiger partial charge < -0.3 is 0 Å². The zero-order valence-electron chi connectivity index (χ0n) is 34.0. The zero-order valence-corrected chi connectivity index (χ0v) is 34.0. The molecule has 0 bridgehead atoms. The smallest absolute Gasteiger partial charge is 0.164 e. The number of fused-ring (bicyclic) bond motifs is 3. The summed E-state index contributed by atoms with van der Waals surface area (Å²) in [5.41, 5.74) is 17.0. The van der Waals surface area contributed by atoms with Crippen LogP contribution in [0, 0.1) is 0 Å². The third-order valence-corrected chi connectivity index (χ3v) is 12.5. The number of nitrogens with zero attached hydrogens (tertiary/aromatic N) is 3. The largest absolute Gasteiger partial charge is 0.208 e. The highest BCUT2D eigenvalue weighted by atomic mass is 15.0. The highest BCUT2D eigenvalue weighted by Gasteiger charge is 2.17. The second-order valence-corrected chi connectivity index (χ2v) is 15.8. The van der Waals surface area contributed by atoms with Gasteiger partial charge in [0.25, 0.3) is 0 Å². The molecular formula is C51H38B5N3. The Labute approximate surface area is 349 Å². The lowest BCUT2D eigenvalue weighted by atomic mass is 9.59. The SMILES string of the molecule is Bc1c(B)c(B)c(-c2ccc3cc(-c4nc(-c5ccccc5)nc(-c5cccc(-c6cccc7cc(-c8cccc9ccccc89)ccc67)c5)n4)ccc3c2)c(B)c1B. The van der Waals surface area contributed by atoms with E-state index in [0.29, 0.717) is 17.5 Å². The second-order valence-electron chi connectivity index (χ2n) is 15.8. The zero-order chi connectivity index (χ0) is 40.2. The summed E-state index contributed by atoms with van der Waals surface area (Å²) in [5.74, 6) is 1.93. The third kappa shape index (κ3) is 6.55. The van der Waals surface area contributed by atoms with E-state index in [1.54, 1.807) is 0 Å². The molecule has 0 aliphatic heterocycles. The fraction of sp³-hybridized carbons (Fsp3) is 0. The van der Waals surface area contributed by atoms with Crippen molar-refractivity contribution in [3.8, 4) is 67.5 Å². The molecule has 59 heavy (non-hydrogen) atoms. The van der Waals surface area contributed by atoms with E-state index in [2.05, 4.69) is 191 Å². The molecule has 0 fully saturated rings. The molecule has 1 heterocycles. The van der Waals surface area contributed by atoms with Crippen LogP contribution in [0.5, 0.6) is 0 Å². The first-order chi connectivity index (χ1) is 28.8. The monoisotopic (exact) mass is 747 g/mol.